The van der Waals surface area contributed by atoms with Crippen molar-refractivity contribution in [2.45, 2.75) is 123 Å². The number of likely N-dealkylation sites (tertiary alicyclic amines) is 1. The first-order chi connectivity index (χ1) is 28.8. The lowest BCUT2D eigenvalue weighted by molar-refractivity contribution is -0.144. The topological polar surface area (TPSA) is 328 Å². The van der Waals surface area contributed by atoms with Gasteiger partial charge in [0.2, 0.25) is 53.2 Å². The van der Waals surface area contributed by atoms with Gasteiger partial charge in [-0.2, -0.15) is 0 Å². The second-order valence-corrected chi connectivity index (χ2v) is 15.8. The highest BCUT2D eigenvalue weighted by Crippen LogP contribution is 2.18. The highest BCUT2D eigenvalue weighted by atomic mass is 16.4. The Balaban J connectivity index is 2.70. The first-order valence-electron chi connectivity index (χ1n) is 21.0. The van der Waals surface area contributed by atoms with Crippen LogP contribution >= 0.6 is 0 Å². The molecule has 1 aliphatic heterocycles. The molecule has 0 spiro atoms. The molecule has 1 fully saturated rings. The lowest BCUT2D eigenvalue weighted by Crippen LogP contribution is -2.56. The predicted molar refractivity (Wildman–Crippen MR) is 223 cm³/mol. The summed E-state index contributed by atoms with van der Waals surface area (Å²) < 4.78 is 0. The Bertz CT molecular complexity index is 1510. The van der Waals surface area contributed by atoms with Gasteiger partial charge in [-0.1, -0.05) is 34.6 Å². The molecule has 0 bridgehead atoms. The fourth-order valence-electron chi connectivity index (χ4n) is 6.20. The van der Waals surface area contributed by atoms with Crippen molar-refractivity contribution in [2.75, 3.05) is 52.4 Å². The van der Waals surface area contributed by atoms with Gasteiger partial charge in [-0.25, -0.2) is 4.79 Å². The minimum Gasteiger partial charge on any atom is -0.480 e. The zero-order valence-electron chi connectivity index (χ0n) is 36.4. The molecule has 9 amide bonds. The van der Waals surface area contributed by atoms with Crippen LogP contribution in [0.4, 0.5) is 0 Å². The van der Waals surface area contributed by atoms with Crippen molar-refractivity contribution in [2.24, 2.45) is 17.6 Å². The van der Waals surface area contributed by atoms with E-state index < -0.39 is 103 Å². The maximum atomic E-state index is 13.3. The minimum absolute atomic E-state index is 0.0455. The van der Waals surface area contributed by atoms with E-state index in [1.807, 2.05) is 34.6 Å². The van der Waals surface area contributed by atoms with Gasteiger partial charge in [0.1, 0.15) is 30.2 Å². The molecule has 346 valence electrons. The monoisotopic (exact) mass is 868 g/mol. The van der Waals surface area contributed by atoms with Gasteiger partial charge in [0, 0.05) is 6.54 Å². The summed E-state index contributed by atoms with van der Waals surface area (Å²) in [4.78, 5) is 128. The number of carboxylic acids is 1. The summed E-state index contributed by atoms with van der Waals surface area (Å²) in [5, 5.41) is 32.3. The van der Waals surface area contributed by atoms with Gasteiger partial charge >= 0.3 is 5.97 Å². The number of rotatable bonds is 29. The predicted octanol–water partition coefficient (Wildman–Crippen LogP) is -3.29. The third kappa shape index (κ3) is 22.2. The number of hydrogen-bond acceptors (Lipinski definition) is 12. The van der Waals surface area contributed by atoms with Crippen LogP contribution in [0.2, 0.25) is 0 Å². The number of nitrogens with one attached hydrogen (secondary N) is 9. The lowest BCUT2D eigenvalue weighted by atomic mass is 10.0. The molecular formula is C39H69N11O11. The Morgan fingerprint density at radius 1 is 0.639 bits per heavy atom. The SMILES string of the molecule is CCCNCC(=O)NCC(=O)NCC(=O)N[C@H](CC(C)C)C(=O)NCC(=O)N[C@H](CC(C)C)C(=O)N[C@H](C)C(=O)NCC(=O)N1CCC[C@@H]1C(=O)N[C@H](CCCCN)C(=O)O. The van der Waals surface area contributed by atoms with Gasteiger partial charge in [-0.3, -0.25) is 43.2 Å². The summed E-state index contributed by atoms with van der Waals surface area (Å²) in [6.07, 6.45) is 3.31. The maximum absolute atomic E-state index is 13.3. The van der Waals surface area contributed by atoms with Crippen LogP contribution in [0.5, 0.6) is 0 Å². The number of aliphatic carboxylic acids is 1. The van der Waals surface area contributed by atoms with Gasteiger partial charge in [0.15, 0.2) is 0 Å². The second kappa shape index (κ2) is 29.0. The Morgan fingerprint density at radius 3 is 1.74 bits per heavy atom. The van der Waals surface area contributed by atoms with Crippen molar-refractivity contribution in [3.8, 4) is 0 Å². The van der Waals surface area contributed by atoms with Crippen LogP contribution in [-0.4, -0.2) is 152 Å². The average molecular weight is 868 g/mol. The molecule has 0 saturated carbocycles. The normalized spacial score (nSPS) is 15.4. The first-order valence-corrected chi connectivity index (χ1v) is 21.0. The lowest BCUT2D eigenvalue weighted by Gasteiger charge is -2.26. The number of nitrogens with zero attached hydrogens (tertiary/aromatic N) is 1. The highest BCUT2D eigenvalue weighted by molar-refractivity contribution is 5.96. The van der Waals surface area contributed by atoms with Crippen LogP contribution < -0.4 is 53.6 Å². The summed E-state index contributed by atoms with van der Waals surface area (Å²) in [6.45, 7) is 10.1. The quantitative estimate of drug-likeness (QED) is 0.0329. The van der Waals surface area contributed by atoms with Crippen LogP contribution in [0.25, 0.3) is 0 Å². The Hall–Kier alpha value is -5.38. The molecule has 1 heterocycles. The van der Waals surface area contributed by atoms with E-state index >= 15 is 0 Å². The first kappa shape index (κ1) is 53.6. The van der Waals surface area contributed by atoms with Crippen molar-refractivity contribution in [3.63, 3.8) is 0 Å². The average Bonchev–Trinajstić information content (AvgIpc) is 3.69. The minimum atomic E-state index is -1.20. The van der Waals surface area contributed by atoms with Crippen molar-refractivity contribution >= 4 is 59.1 Å². The van der Waals surface area contributed by atoms with Crippen LogP contribution in [0.15, 0.2) is 0 Å². The molecule has 5 atom stereocenters. The Kier molecular flexibility index (Phi) is 25.5. The van der Waals surface area contributed by atoms with Crippen molar-refractivity contribution < 1.29 is 53.1 Å². The summed E-state index contributed by atoms with van der Waals surface area (Å²) in [5.74, 6) is -6.97. The number of carbonyl (C=O) groups excluding carboxylic acids is 9. The molecule has 0 aromatic rings. The van der Waals surface area contributed by atoms with Gasteiger partial charge < -0.3 is 63.6 Å². The fourth-order valence-corrected chi connectivity index (χ4v) is 6.20. The molecule has 22 heteroatoms. The Morgan fingerprint density at radius 2 is 1.18 bits per heavy atom. The van der Waals surface area contributed by atoms with E-state index in [0.717, 1.165) is 6.42 Å². The van der Waals surface area contributed by atoms with Crippen LogP contribution in [0.1, 0.15) is 92.9 Å². The third-order valence-corrected chi connectivity index (χ3v) is 9.35. The molecule has 22 nitrogen and oxygen atoms in total. The van der Waals surface area contributed by atoms with Crippen molar-refractivity contribution in [1.29, 1.82) is 0 Å². The van der Waals surface area contributed by atoms with Crippen LogP contribution in [-0.2, 0) is 47.9 Å². The van der Waals surface area contributed by atoms with E-state index in [1.54, 1.807) is 0 Å². The molecule has 1 aliphatic rings. The van der Waals surface area contributed by atoms with Gasteiger partial charge in [0.05, 0.1) is 32.7 Å². The number of nitrogens with two attached hydrogens (primary N) is 1. The van der Waals surface area contributed by atoms with Crippen molar-refractivity contribution in [3.05, 3.63) is 0 Å². The number of carbonyl (C=O) groups is 10. The standard InChI is InChI=1S/C39H69N11O11/c1-7-14-41-18-30(51)42-19-31(52)43-20-32(53)47-27(16-23(2)3)36(57)44-21-33(54)48-28(17-24(4)5)37(58)46-25(6)35(56)45-22-34(55)50-15-10-12-29(50)38(59)49-26(39(60)61)11-8-9-13-40/h23-29,41H,7-22,40H2,1-6H3,(H,42,51)(H,43,52)(H,44,57)(H,45,56)(H,46,58)(H,47,53)(H,48,54)(H,49,59)(H,60,61)/t25-,26-,27-,28-,29-/m1/s1. The summed E-state index contributed by atoms with van der Waals surface area (Å²) >= 11 is 0. The van der Waals surface area contributed by atoms with E-state index in [4.69, 9.17) is 5.73 Å². The van der Waals surface area contributed by atoms with E-state index in [-0.39, 0.29) is 56.6 Å². The fraction of sp³-hybridized carbons (Fsp3) is 0.744. The van der Waals surface area contributed by atoms with E-state index in [2.05, 4.69) is 47.9 Å². The number of hydrogen-bond donors (Lipinski definition) is 11. The van der Waals surface area contributed by atoms with Crippen molar-refractivity contribution in [1.82, 2.24) is 52.8 Å². The molecule has 0 unspecified atom stereocenters. The van der Waals surface area contributed by atoms with E-state index in [0.29, 0.717) is 38.8 Å². The molecule has 1 saturated heterocycles. The number of carboxylic acid groups (broad SMARTS) is 1. The molecule has 0 aliphatic carbocycles. The van der Waals surface area contributed by atoms with Crippen LogP contribution in [0.3, 0.4) is 0 Å². The summed E-state index contributed by atoms with van der Waals surface area (Å²) in [5.41, 5.74) is 5.48. The van der Waals surface area contributed by atoms with Crippen LogP contribution in [0, 0.1) is 11.8 Å². The molecular weight excluding hydrogens is 798 g/mol. The molecule has 0 aromatic carbocycles. The van der Waals surface area contributed by atoms with E-state index in [1.165, 1.54) is 11.8 Å². The number of amides is 9. The maximum Gasteiger partial charge on any atom is 0.326 e. The summed E-state index contributed by atoms with van der Waals surface area (Å²) in [6, 6.07) is -5.36. The van der Waals surface area contributed by atoms with Gasteiger partial charge in [-0.15, -0.1) is 0 Å². The zero-order chi connectivity index (χ0) is 46.1. The smallest absolute Gasteiger partial charge is 0.326 e. The van der Waals surface area contributed by atoms with Gasteiger partial charge in [0.25, 0.3) is 0 Å². The third-order valence-electron chi connectivity index (χ3n) is 9.35. The zero-order valence-corrected chi connectivity index (χ0v) is 36.4. The number of unbranched alkanes of at least 4 members (excludes halogenated alkanes) is 1. The summed E-state index contributed by atoms with van der Waals surface area (Å²) in [7, 11) is 0. The largest absolute Gasteiger partial charge is 0.480 e. The molecule has 0 radical (unpaired) electrons. The van der Waals surface area contributed by atoms with Gasteiger partial charge in [-0.05, 0) is 83.2 Å². The molecule has 61 heavy (non-hydrogen) atoms. The second-order valence-electron chi connectivity index (χ2n) is 15.8. The molecule has 0 aromatic heterocycles. The molecule has 1 rings (SSSR count). The molecule has 12 N–H and O–H groups in total. The highest BCUT2D eigenvalue weighted by Gasteiger charge is 2.36. The van der Waals surface area contributed by atoms with E-state index in [9.17, 15) is 53.1 Å². The Labute approximate surface area is 357 Å².